The standard InChI is InChI=1S/C14H14F3N3O2/c1-3-18-13(21)20-9(2)7-12(19-20)22-11-6-4-5-10(8-11)14(15,16)17/h4-8H,3H2,1-2H3,(H,18,21). The van der Waals surface area contributed by atoms with Crippen LogP contribution < -0.4 is 10.1 Å². The van der Waals surface area contributed by atoms with E-state index in [1.54, 1.807) is 13.8 Å². The topological polar surface area (TPSA) is 56.2 Å². The molecule has 0 aliphatic carbocycles. The lowest BCUT2D eigenvalue weighted by Gasteiger charge is -2.08. The highest BCUT2D eigenvalue weighted by molar-refractivity contribution is 5.76. The van der Waals surface area contributed by atoms with E-state index in [1.807, 2.05) is 0 Å². The fourth-order valence-electron chi connectivity index (χ4n) is 1.78. The van der Waals surface area contributed by atoms with Crippen molar-refractivity contribution in [3.63, 3.8) is 0 Å². The van der Waals surface area contributed by atoms with E-state index in [2.05, 4.69) is 10.4 Å². The number of halogens is 3. The Bertz CT molecular complexity index is 680. The Kier molecular flexibility index (Phi) is 4.39. The van der Waals surface area contributed by atoms with E-state index in [9.17, 15) is 18.0 Å². The van der Waals surface area contributed by atoms with Gasteiger partial charge in [0.15, 0.2) is 0 Å². The molecule has 22 heavy (non-hydrogen) atoms. The van der Waals surface area contributed by atoms with Crippen LogP contribution in [0.4, 0.5) is 18.0 Å². The molecule has 0 saturated heterocycles. The SMILES string of the molecule is CCNC(=O)n1nc(Oc2cccc(C(F)(F)F)c2)cc1C. The molecular formula is C14H14F3N3O2. The first-order valence-electron chi connectivity index (χ1n) is 6.51. The summed E-state index contributed by atoms with van der Waals surface area (Å²) in [5.74, 6) is 0.0402. The summed E-state index contributed by atoms with van der Waals surface area (Å²) in [5.41, 5.74) is -0.308. The van der Waals surface area contributed by atoms with Gasteiger partial charge in [0.2, 0.25) is 5.88 Å². The summed E-state index contributed by atoms with van der Waals surface area (Å²) in [5, 5.41) is 6.48. The fourth-order valence-corrected chi connectivity index (χ4v) is 1.78. The Morgan fingerprint density at radius 3 is 2.73 bits per heavy atom. The Morgan fingerprint density at radius 2 is 2.09 bits per heavy atom. The first-order valence-corrected chi connectivity index (χ1v) is 6.51. The highest BCUT2D eigenvalue weighted by Crippen LogP contribution is 2.32. The van der Waals surface area contributed by atoms with E-state index in [0.717, 1.165) is 16.8 Å². The van der Waals surface area contributed by atoms with Gasteiger partial charge >= 0.3 is 12.2 Å². The number of rotatable bonds is 3. The van der Waals surface area contributed by atoms with Gasteiger partial charge in [0, 0.05) is 12.6 Å². The van der Waals surface area contributed by atoms with Gasteiger partial charge in [0.05, 0.1) is 11.3 Å². The molecule has 2 rings (SSSR count). The van der Waals surface area contributed by atoms with Crippen LogP contribution in [0.25, 0.3) is 0 Å². The molecule has 8 heteroatoms. The second kappa shape index (κ2) is 6.08. The average Bonchev–Trinajstić information content (AvgIpc) is 2.79. The third-order valence-corrected chi connectivity index (χ3v) is 2.77. The molecule has 1 heterocycles. The van der Waals surface area contributed by atoms with Crippen LogP contribution in [-0.4, -0.2) is 22.4 Å². The van der Waals surface area contributed by atoms with Crippen LogP contribution in [-0.2, 0) is 6.18 Å². The van der Waals surface area contributed by atoms with Crippen molar-refractivity contribution in [2.75, 3.05) is 6.54 Å². The molecule has 0 aliphatic rings. The maximum absolute atomic E-state index is 12.6. The summed E-state index contributed by atoms with van der Waals surface area (Å²) in [6, 6.07) is 5.49. The van der Waals surface area contributed by atoms with Crippen LogP contribution in [0.1, 0.15) is 18.2 Å². The van der Waals surface area contributed by atoms with Crippen molar-refractivity contribution < 1.29 is 22.7 Å². The lowest BCUT2D eigenvalue weighted by Crippen LogP contribution is -2.29. The lowest BCUT2D eigenvalue weighted by molar-refractivity contribution is -0.137. The summed E-state index contributed by atoms with van der Waals surface area (Å²) in [4.78, 5) is 11.7. The monoisotopic (exact) mass is 313 g/mol. The van der Waals surface area contributed by atoms with E-state index in [1.165, 1.54) is 18.2 Å². The molecule has 1 amide bonds. The van der Waals surface area contributed by atoms with Crippen LogP contribution in [0.15, 0.2) is 30.3 Å². The van der Waals surface area contributed by atoms with Crippen molar-refractivity contribution >= 4 is 6.03 Å². The molecule has 2 aromatic rings. The van der Waals surface area contributed by atoms with E-state index in [0.29, 0.717) is 12.2 Å². The Hall–Kier alpha value is -2.51. The smallest absolute Gasteiger partial charge is 0.416 e. The second-order valence-corrected chi connectivity index (χ2v) is 4.50. The van der Waals surface area contributed by atoms with Crippen LogP contribution in [0, 0.1) is 6.92 Å². The maximum atomic E-state index is 12.6. The Balaban J connectivity index is 2.21. The third-order valence-electron chi connectivity index (χ3n) is 2.77. The fraction of sp³-hybridized carbons (Fsp3) is 0.286. The van der Waals surface area contributed by atoms with Crippen LogP contribution >= 0.6 is 0 Å². The summed E-state index contributed by atoms with van der Waals surface area (Å²) < 4.78 is 44.3. The molecule has 1 aromatic carbocycles. The summed E-state index contributed by atoms with van der Waals surface area (Å²) >= 11 is 0. The van der Waals surface area contributed by atoms with Crippen molar-refractivity contribution in [3.8, 4) is 11.6 Å². The van der Waals surface area contributed by atoms with Gasteiger partial charge in [-0.1, -0.05) is 6.07 Å². The number of hydrogen-bond acceptors (Lipinski definition) is 3. The number of carbonyl (C=O) groups is 1. The molecular weight excluding hydrogens is 299 g/mol. The first kappa shape index (κ1) is 15.9. The minimum absolute atomic E-state index is 0.00428. The zero-order chi connectivity index (χ0) is 16.3. The number of hydrogen-bond donors (Lipinski definition) is 1. The summed E-state index contributed by atoms with van der Waals surface area (Å²) in [6.45, 7) is 3.83. The minimum atomic E-state index is -4.45. The van der Waals surface area contributed by atoms with E-state index in [4.69, 9.17) is 4.74 Å². The number of aromatic nitrogens is 2. The third kappa shape index (κ3) is 3.57. The summed E-state index contributed by atoms with van der Waals surface area (Å²) in [7, 11) is 0. The number of carbonyl (C=O) groups excluding carboxylic acids is 1. The molecule has 0 unspecified atom stereocenters. The van der Waals surface area contributed by atoms with Gasteiger partial charge in [0.1, 0.15) is 5.75 Å². The highest BCUT2D eigenvalue weighted by atomic mass is 19.4. The minimum Gasteiger partial charge on any atom is -0.438 e. The zero-order valence-corrected chi connectivity index (χ0v) is 11.9. The molecule has 0 spiro atoms. The molecule has 0 fully saturated rings. The number of nitrogens with zero attached hydrogens (tertiary/aromatic N) is 2. The molecule has 0 aliphatic heterocycles. The van der Waals surface area contributed by atoms with Gasteiger partial charge in [-0.05, 0) is 32.0 Å². The number of alkyl halides is 3. The molecule has 0 saturated carbocycles. The number of ether oxygens (including phenoxy) is 1. The first-order chi connectivity index (χ1) is 10.3. The number of benzene rings is 1. The molecule has 0 bridgehead atoms. The molecule has 1 N–H and O–H groups in total. The van der Waals surface area contributed by atoms with Crippen molar-refractivity contribution in [1.29, 1.82) is 0 Å². The average molecular weight is 313 g/mol. The Labute approximate surface area is 124 Å². The number of nitrogens with one attached hydrogen (secondary N) is 1. The Morgan fingerprint density at radius 1 is 1.36 bits per heavy atom. The number of amides is 1. The molecule has 118 valence electrons. The van der Waals surface area contributed by atoms with Gasteiger partial charge < -0.3 is 10.1 Å². The van der Waals surface area contributed by atoms with Crippen LogP contribution in [0.2, 0.25) is 0 Å². The zero-order valence-electron chi connectivity index (χ0n) is 11.9. The predicted molar refractivity (Wildman–Crippen MR) is 73.0 cm³/mol. The van der Waals surface area contributed by atoms with Gasteiger partial charge in [-0.15, -0.1) is 5.10 Å². The van der Waals surface area contributed by atoms with Gasteiger partial charge in [-0.25, -0.2) is 4.79 Å². The van der Waals surface area contributed by atoms with Gasteiger partial charge in [-0.2, -0.15) is 17.9 Å². The summed E-state index contributed by atoms with van der Waals surface area (Å²) in [6.07, 6.45) is -4.45. The normalized spacial score (nSPS) is 11.3. The van der Waals surface area contributed by atoms with Gasteiger partial charge in [-0.3, -0.25) is 0 Å². The van der Waals surface area contributed by atoms with Crippen molar-refractivity contribution in [2.45, 2.75) is 20.0 Å². The number of aryl methyl sites for hydroxylation is 1. The second-order valence-electron chi connectivity index (χ2n) is 4.50. The van der Waals surface area contributed by atoms with Crippen molar-refractivity contribution in [2.24, 2.45) is 0 Å². The largest absolute Gasteiger partial charge is 0.438 e. The quantitative estimate of drug-likeness (QED) is 0.942. The van der Waals surface area contributed by atoms with Crippen LogP contribution in [0.5, 0.6) is 11.6 Å². The highest BCUT2D eigenvalue weighted by Gasteiger charge is 2.30. The van der Waals surface area contributed by atoms with Crippen LogP contribution in [0.3, 0.4) is 0 Å². The molecule has 1 aromatic heterocycles. The lowest BCUT2D eigenvalue weighted by atomic mass is 10.2. The maximum Gasteiger partial charge on any atom is 0.416 e. The predicted octanol–water partition coefficient (Wildman–Crippen LogP) is 3.58. The van der Waals surface area contributed by atoms with E-state index in [-0.39, 0.29) is 11.6 Å². The molecule has 5 nitrogen and oxygen atoms in total. The van der Waals surface area contributed by atoms with Crippen molar-refractivity contribution in [3.05, 3.63) is 41.6 Å². The van der Waals surface area contributed by atoms with Crippen molar-refractivity contribution in [1.82, 2.24) is 15.1 Å². The van der Waals surface area contributed by atoms with Gasteiger partial charge in [0.25, 0.3) is 0 Å². The molecule has 0 radical (unpaired) electrons. The van der Waals surface area contributed by atoms with E-state index >= 15 is 0 Å². The van der Waals surface area contributed by atoms with E-state index < -0.39 is 17.8 Å². The molecule has 0 atom stereocenters.